The van der Waals surface area contributed by atoms with Crippen LogP contribution in [0.3, 0.4) is 0 Å². The standard InChI is InChI=1S/C24H21BrN4O3/c1-31-20-12-17(13-21(32-2)22(20)25)24(30)27-14-18-15-29(19-6-4-3-5-7-19)28-23(18)16-8-10-26-11-9-16/h3-13,15H,14H2,1-2H3,(H,27,30). The van der Waals surface area contributed by atoms with Gasteiger partial charge in [0.05, 0.1) is 25.6 Å². The van der Waals surface area contributed by atoms with Crippen molar-refractivity contribution in [3.05, 3.63) is 88.8 Å². The Balaban J connectivity index is 1.63. The minimum Gasteiger partial charge on any atom is -0.495 e. The predicted octanol–water partition coefficient (Wildman–Crippen LogP) is 4.64. The van der Waals surface area contributed by atoms with Crippen LogP contribution in [0.25, 0.3) is 16.9 Å². The van der Waals surface area contributed by atoms with E-state index in [1.807, 2.05) is 53.3 Å². The fraction of sp³-hybridized carbons (Fsp3) is 0.125. The van der Waals surface area contributed by atoms with Gasteiger partial charge in [0.1, 0.15) is 16.0 Å². The molecule has 0 radical (unpaired) electrons. The van der Waals surface area contributed by atoms with Gasteiger partial charge >= 0.3 is 0 Å². The van der Waals surface area contributed by atoms with Crippen LogP contribution in [0.15, 0.2) is 77.7 Å². The van der Waals surface area contributed by atoms with Crippen LogP contribution in [0.2, 0.25) is 0 Å². The highest BCUT2D eigenvalue weighted by Gasteiger charge is 2.17. The first-order chi connectivity index (χ1) is 15.6. The van der Waals surface area contributed by atoms with Crippen LogP contribution in [0.5, 0.6) is 11.5 Å². The van der Waals surface area contributed by atoms with E-state index in [-0.39, 0.29) is 5.91 Å². The molecule has 0 saturated heterocycles. The Kier molecular flexibility index (Phi) is 6.51. The number of hydrogen-bond donors (Lipinski definition) is 1. The number of benzene rings is 2. The Morgan fingerprint density at radius 3 is 2.31 bits per heavy atom. The number of hydrogen-bond acceptors (Lipinski definition) is 5. The molecule has 0 atom stereocenters. The number of nitrogens with one attached hydrogen (secondary N) is 1. The number of pyridine rings is 1. The SMILES string of the molecule is COc1cc(C(=O)NCc2cn(-c3ccccc3)nc2-c2ccncc2)cc(OC)c1Br. The van der Waals surface area contributed by atoms with E-state index in [1.54, 1.807) is 38.7 Å². The number of aromatic nitrogens is 3. The number of ether oxygens (including phenoxy) is 2. The van der Waals surface area contributed by atoms with Crippen LogP contribution in [0.4, 0.5) is 0 Å². The van der Waals surface area contributed by atoms with Gasteiger partial charge in [-0.05, 0) is 52.3 Å². The largest absolute Gasteiger partial charge is 0.495 e. The highest BCUT2D eigenvalue weighted by atomic mass is 79.9. The summed E-state index contributed by atoms with van der Waals surface area (Å²) in [4.78, 5) is 17.0. The Morgan fingerprint density at radius 1 is 1.03 bits per heavy atom. The number of para-hydroxylation sites is 1. The van der Waals surface area contributed by atoms with Crippen LogP contribution in [0, 0.1) is 0 Å². The number of carbonyl (C=O) groups is 1. The van der Waals surface area contributed by atoms with Crippen molar-refractivity contribution in [3.63, 3.8) is 0 Å². The molecular weight excluding hydrogens is 472 g/mol. The van der Waals surface area contributed by atoms with E-state index in [9.17, 15) is 4.79 Å². The van der Waals surface area contributed by atoms with Crippen molar-refractivity contribution < 1.29 is 14.3 Å². The third-order valence-corrected chi connectivity index (χ3v) is 5.69. The van der Waals surface area contributed by atoms with E-state index in [0.717, 1.165) is 22.5 Å². The first kappa shape index (κ1) is 21.6. The van der Waals surface area contributed by atoms with Gasteiger partial charge in [0.25, 0.3) is 5.91 Å². The monoisotopic (exact) mass is 492 g/mol. The summed E-state index contributed by atoms with van der Waals surface area (Å²) >= 11 is 3.42. The van der Waals surface area contributed by atoms with Crippen molar-refractivity contribution in [1.29, 1.82) is 0 Å². The second-order valence-corrected chi connectivity index (χ2v) is 7.69. The van der Waals surface area contributed by atoms with Gasteiger partial charge in [-0.1, -0.05) is 18.2 Å². The molecule has 162 valence electrons. The van der Waals surface area contributed by atoms with Crippen molar-refractivity contribution >= 4 is 21.8 Å². The van der Waals surface area contributed by atoms with E-state index >= 15 is 0 Å². The molecule has 8 heteroatoms. The van der Waals surface area contributed by atoms with Crippen LogP contribution >= 0.6 is 15.9 Å². The van der Waals surface area contributed by atoms with Crippen molar-refractivity contribution in [1.82, 2.24) is 20.1 Å². The molecule has 0 aliphatic carbocycles. The molecule has 0 spiro atoms. The molecule has 4 aromatic rings. The smallest absolute Gasteiger partial charge is 0.251 e. The number of rotatable bonds is 7. The van der Waals surface area contributed by atoms with Crippen molar-refractivity contribution in [2.24, 2.45) is 0 Å². The van der Waals surface area contributed by atoms with Crippen molar-refractivity contribution in [2.75, 3.05) is 14.2 Å². The molecule has 0 bridgehead atoms. The molecular formula is C24H21BrN4O3. The zero-order valence-corrected chi connectivity index (χ0v) is 19.2. The summed E-state index contributed by atoms with van der Waals surface area (Å²) in [6.07, 6.45) is 5.37. The van der Waals surface area contributed by atoms with Gasteiger partial charge in [-0.3, -0.25) is 9.78 Å². The molecule has 7 nitrogen and oxygen atoms in total. The second kappa shape index (κ2) is 9.65. The first-order valence-electron chi connectivity index (χ1n) is 9.84. The van der Waals surface area contributed by atoms with Crippen molar-refractivity contribution in [3.8, 4) is 28.4 Å². The Labute approximate surface area is 194 Å². The molecule has 32 heavy (non-hydrogen) atoms. The summed E-state index contributed by atoms with van der Waals surface area (Å²) in [5, 5.41) is 7.74. The van der Waals surface area contributed by atoms with Crippen LogP contribution in [-0.2, 0) is 6.54 Å². The molecule has 0 aliphatic heterocycles. The maximum atomic E-state index is 12.9. The Hall–Kier alpha value is -3.65. The number of halogens is 1. The number of nitrogens with zero attached hydrogens (tertiary/aromatic N) is 3. The van der Waals surface area contributed by atoms with Gasteiger partial charge in [0, 0.05) is 41.8 Å². The van der Waals surface area contributed by atoms with E-state index in [4.69, 9.17) is 14.6 Å². The molecule has 0 fully saturated rings. The summed E-state index contributed by atoms with van der Waals surface area (Å²) in [6.45, 7) is 0.296. The topological polar surface area (TPSA) is 78.3 Å². The van der Waals surface area contributed by atoms with Crippen LogP contribution in [-0.4, -0.2) is 34.9 Å². The van der Waals surface area contributed by atoms with Gasteiger partial charge in [-0.15, -0.1) is 0 Å². The van der Waals surface area contributed by atoms with E-state index < -0.39 is 0 Å². The van der Waals surface area contributed by atoms with E-state index in [0.29, 0.717) is 28.1 Å². The summed E-state index contributed by atoms with van der Waals surface area (Å²) in [5.74, 6) is 0.787. The molecule has 2 heterocycles. The fourth-order valence-corrected chi connectivity index (χ4v) is 3.84. The van der Waals surface area contributed by atoms with Gasteiger partial charge in [0.2, 0.25) is 0 Å². The summed E-state index contributed by atoms with van der Waals surface area (Å²) < 4.78 is 13.2. The first-order valence-corrected chi connectivity index (χ1v) is 10.6. The number of carbonyl (C=O) groups excluding carboxylic acids is 1. The molecule has 4 rings (SSSR count). The lowest BCUT2D eigenvalue weighted by molar-refractivity contribution is 0.0950. The van der Waals surface area contributed by atoms with Gasteiger partial charge in [-0.2, -0.15) is 5.10 Å². The second-order valence-electron chi connectivity index (χ2n) is 6.90. The fourth-order valence-electron chi connectivity index (χ4n) is 3.28. The third-order valence-electron chi connectivity index (χ3n) is 4.91. The average molecular weight is 493 g/mol. The third kappa shape index (κ3) is 4.50. The number of amides is 1. The highest BCUT2D eigenvalue weighted by Crippen LogP contribution is 2.35. The molecule has 1 N–H and O–H groups in total. The van der Waals surface area contributed by atoms with Crippen LogP contribution < -0.4 is 14.8 Å². The van der Waals surface area contributed by atoms with E-state index in [1.165, 1.54) is 0 Å². The maximum Gasteiger partial charge on any atom is 0.251 e. The maximum absolute atomic E-state index is 12.9. The predicted molar refractivity (Wildman–Crippen MR) is 125 cm³/mol. The highest BCUT2D eigenvalue weighted by molar-refractivity contribution is 9.10. The summed E-state index contributed by atoms with van der Waals surface area (Å²) in [6, 6.07) is 17.0. The van der Waals surface area contributed by atoms with Gasteiger partial charge in [0.15, 0.2) is 0 Å². The zero-order chi connectivity index (χ0) is 22.5. The average Bonchev–Trinajstić information content (AvgIpc) is 3.28. The summed E-state index contributed by atoms with van der Waals surface area (Å²) in [5.41, 5.74) is 3.95. The normalized spacial score (nSPS) is 10.6. The van der Waals surface area contributed by atoms with E-state index in [2.05, 4.69) is 26.2 Å². The van der Waals surface area contributed by atoms with Crippen LogP contribution in [0.1, 0.15) is 15.9 Å². The molecule has 2 aromatic carbocycles. The minimum absolute atomic E-state index is 0.248. The lowest BCUT2D eigenvalue weighted by Gasteiger charge is -2.12. The Bertz CT molecular complexity index is 1200. The van der Waals surface area contributed by atoms with Gasteiger partial charge in [-0.25, -0.2) is 4.68 Å². The van der Waals surface area contributed by atoms with Crippen molar-refractivity contribution in [2.45, 2.75) is 6.54 Å². The minimum atomic E-state index is -0.248. The lowest BCUT2D eigenvalue weighted by atomic mass is 10.1. The summed E-state index contributed by atoms with van der Waals surface area (Å²) in [7, 11) is 3.08. The van der Waals surface area contributed by atoms with Gasteiger partial charge < -0.3 is 14.8 Å². The molecule has 0 aliphatic rings. The zero-order valence-electron chi connectivity index (χ0n) is 17.6. The molecule has 2 aromatic heterocycles. The molecule has 1 amide bonds. The quantitative estimate of drug-likeness (QED) is 0.406. The molecule has 0 saturated carbocycles. The number of methoxy groups -OCH3 is 2. The lowest BCUT2D eigenvalue weighted by Crippen LogP contribution is -2.23. The Morgan fingerprint density at radius 2 is 1.69 bits per heavy atom. The molecule has 0 unspecified atom stereocenters.